The van der Waals surface area contributed by atoms with E-state index in [1.807, 2.05) is 12.4 Å². The van der Waals surface area contributed by atoms with Crippen LogP contribution < -0.4 is 0 Å². The van der Waals surface area contributed by atoms with Crippen molar-refractivity contribution in [2.45, 2.75) is 13.8 Å². The molecule has 2 nitrogen and oxygen atoms in total. The molecule has 0 aliphatic heterocycles. The van der Waals surface area contributed by atoms with Crippen LogP contribution in [0, 0.1) is 19.9 Å². The Morgan fingerprint density at radius 3 is 2.60 bits per heavy atom. The first-order valence-electron chi connectivity index (χ1n) is 7.99. The molecule has 0 spiro atoms. The molecule has 0 saturated heterocycles. The van der Waals surface area contributed by atoms with Gasteiger partial charge in [0.25, 0.3) is 0 Å². The Morgan fingerprint density at radius 2 is 1.80 bits per heavy atom. The smallest absolute Gasteiger partial charge is 0.0889 e. The van der Waals surface area contributed by atoms with Gasteiger partial charge in [-0.2, -0.15) is 11.3 Å². The molecule has 125 valence electrons. The number of rotatable bonds is 1. The number of aromatic nitrogens is 2. The van der Waals surface area contributed by atoms with Crippen molar-refractivity contribution in [1.29, 1.82) is 0 Å². The molecule has 3 aromatic carbocycles. The molecule has 0 N–H and O–H groups in total. The molecule has 2 heterocycles. The molecule has 0 amide bonds. The molecule has 1 radical (unpaired) electrons. The minimum atomic E-state index is 0. The zero-order chi connectivity index (χ0) is 16.3. The molecule has 5 aromatic rings. The number of nitrogens with zero attached hydrogens (tertiary/aromatic N) is 2. The molecule has 0 fully saturated rings. The number of aryl methyl sites for hydroxylation is 2. The summed E-state index contributed by atoms with van der Waals surface area (Å²) in [5.41, 5.74) is 5.95. The first kappa shape index (κ1) is 16.5. The van der Waals surface area contributed by atoms with Gasteiger partial charge in [0, 0.05) is 41.2 Å². The van der Waals surface area contributed by atoms with E-state index in [9.17, 15) is 0 Å². The fourth-order valence-electron chi connectivity index (χ4n) is 3.67. The normalized spacial score (nSPS) is 11.3. The van der Waals surface area contributed by atoms with Gasteiger partial charge in [-0.3, -0.25) is 4.98 Å². The standard InChI is InChI=1S/C21H15N2S.Ir/c1-13-6-5-7-14(2)19(13)23-12-22-18-15-8-3-4-9-16(15)21-17(20(18)23)10-11-24-21;/h3-7,9-12H,1-2H3;/q-1;. The number of hydrogen-bond acceptors (Lipinski definition) is 2. The number of benzene rings is 3. The van der Waals surface area contributed by atoms with E-state index in [1.165, 1.54) is 37.8 Å². The fraction of sp³-hybridized carbons (Fsp3) is 0.0952. The summed E-state index contributed by atoms with van der Waals surface area (Å²) < 4.78 is 3.55. The molecule has 2 aromatic heterocycles. The summed E-state index contributed by atoms with van der Waals surface area (Å²) in [5.74, 6) is 0. The third-order valence-corrected chi connectivity index (χ3v) is 5.65. The molecule has 0 aliphatic rings. The van der Waals surface area contributed by atoms with Gasteiger partial charge in [-0.1, -0.05) is 23.6 Å². The summed E-state index contributed by atoms with van der Waals surface area (Å²) in [6, 6.07) is 18.2. The van der Waals surface area contributed by atoms with E-state index in [1.54, 1.807) is 11.3 Å². The van der Waals surface area contributed by atoms with Crippen molar-refractivity contribution in [2.24, 2.45) is 0 Å². The van der Waals surface area contributed by atoms with E-state index in [2.05, 4.69) is 66.3 Å². The first-order valence-corrected chi connectivity index (χ1v) is 8.87. The number of hydrogen-bond donors (Lipinski definition) is 0. The summed E-state index contributed by atoms with van der Waals surface area (Å²) in [4.78, 5) is 4.77. The van der Waals surface area contributed by atoms with Gasteiger partial charge in [-0.25, -0.2) is 0 Å². The van der Waals surface area contributed by atoms with Crippen molar-refractivity contribution in [2.75, 3.05) is 0 Å². The monoisotopic (exact) mass is 520 g/mol. The van der Waals surface area contributed by atoms with Crippen molar-refractivity contribution in [3.63, 3.8) is 0 Å². The van der Waals surface area contributed by atoms with Crippen LogP contribution in [0.25, 0.3) is 37.6 Å². The Labute approximate surface area is 163 Å². The Kier molecular flexibility index (Phi) is 3.99. The quantitative estimate of drug-likeness (QED) is 0.256. The van der Waals surface area contributed by atoms with Gasteiger partial charge in [-0.05, 0) is 36.4 Å². The average molecular weight is 520 g/mol. The SMILES string of the molecule is Cc1cccc(C)c1-n1cnc2c3[c-]cccc3c3sccc3c21.[Ir]. The second-order valence-electron chi connectivity index (χ2n) is 6.17. The maximum atomic E-state index is 4.77. The number of imidazole rings is 1. The molecule has 0 unspecified atom stereocenters. The molecule has 0 bridgehead atoms. The van der Waals surface area contributed by atoms with Crippen LogP contribution in [0.2, 0.25) is 0 Å². The van der Waals surface area contributed by atoms with Crippen LogP contribution in [0.5, 0.6) is 0 Å². The molecule has 0 aliphatic carbocycles. The zero-order valence-electron chi connectivity index (χ0n) is 13.8. The Hall–Kier alpha value is -2.00. The molecule has 5 rings (SSSR count). The molecule has 0 atom stereocenters. The third kappa shape index (κ3) is 2.29. The van der Waals surface area contributed by atoms with Crippen LogP contribution in [0.3, 0.4) is 0 Å². The van der Waals surface area contributed by atoms with Crippen molar-refractivity contribution < 1.29 is 20.1 Å². The van der Waals surface area contributed by atoms with Gasteiger partial charge in [0.2, 0.25) is 0 Å². The third-order valence-electron chi connectivity index (χ3n) is 4.71. The number of fused-ring (bicyclic) bond motifs is 6. The molecule has 4 heteroatoms. The van der Waals surface area contributed by atoms with Gasteiger partial charge in [0.05, 0.1) is 12.0 Å². The number of thiophene rings is 1. The van der Waals surface area contributed by atoms with E-state index in [0.29, 0.717) is 0 Å². The van der Waals surface area contributed by atoms with Crippen LogP contribution >= 0.6 is 11.3 Å². The van der Waals surface area contributed by atoms with Crippen molar-refractivity contribution in [3.8, 4) is 5.69 Å². The van der Waals surface area contributed by atoms with Gasteiger partial charge in [0.15, 0.2) is 0 Å². The zero-order valence-corrected chi connectivity index (χ0v) is 17.0. The Bertz CT molecular complexity index is 1210. The first-order chi connectivity index (χ1) is 11.8. The van der Waals surface area contributed by atoms with Gasteiger partial charge < -0.3 is 4.57 Å². The minimum Gasteiger partial charge on any atom is -0.307 e. The van der Waals surface area contributed by atoms with E-state index in [0.717, 1.165) is 10.9 Å². The van der Waals surface area contributed by atoms with Crippen LogP contribution in [0.1, 0.15) is 11.1 Å². The molecular formula is C21H15IrN2S-. The second kappa shape index (κ2) is 6.06. The summed E-state index contributed by atoms with van der Waals surface area (Å²) >= 11 is 1.79. The molecular weight excluding hydrogens is 505 g/mol. The number of para-hydroxylation sites is 1. The van der Waals surface area contributed by atoms with Crippen LogP contribution in [-0.4, -0.2) is 9.55 Å². The summed E-state index contributed by atoms with van der Waals surface area (Å²) in [7, 11) is 0. The second-order valence-corrected chi connectivity index (χ2v) is 7.09. The van der Waals surface area contributed by atoms with Crippen molar-refractivity contribution >= 4 is 43.2 Å². The van der Waals surface area contributed by atoms with Gasteiger partial charge in [-0.15, -0.1) is 29.7 Å². The van der Waals surface area contributed by atoms with E-state index >= 15 is 0 Å². The van der Waals surface area contributed by atoms with Crippen LogP contribution in [-0.2, 0) is 20.1 Å². The van der Waals surface area contributed by atoms with E-state index in [-0.39, 0.29) is 20.1 Å². The van der Waals surface area contributed by atoms with Crippen molar-refractivity contribution in [3.05, 3.63) is 71.4 Å². The van der Waals surface area contributed by atoms with Crippen LogP contribution in [0.4, 0.5) is 0 Å². The van der Waals surface area contributed by atoms with Crippen molar-refractivity contribution in [1.82, 2.24) is 9.55 Å². The molecule has 25 heavy (non-hydrogen) atoms. The predicted octanol–water partition coefficient (Wildman–Crippen LogP) is 5.81. The minimum absolute atomic E-state index is 0. The fourth-order valence-corrected chi connectivity index (χ4v) is 4.60. The average Bonchev–Trinajstić information content (AvgIpc) is 3.21. The predicted molar refractivity (Wildman–Crippen MR) is 102 cm³/mol. The van der Waals surface area contributed by atoms with E-state index < -0.39 is 0 Å². The summed E-state index contributed by atoms with van der Waals surface area (Å²) in [6.07, 6.45) is 1.96. The van der Waals surface area contributed by atoms with Crippen LogP contribution in [0.15, 0.2) is 54.2 Å². The summed E-state index contributed by atoms with van der Waals surface area (Å²) in [5, 5.41) is 5.77. The summed E-state index contributed by atoms with van der Waals surface area (Å²) in [6.45, 7) is 4.32. The largest absolute Gasteiger partial charge is 0.307 e. The maximum absolute atomic E-state index is 4.77. The Balaban J connectivity index is 0.00000157. The maximum Gasteiger partial charge on any atom is 0.0889 e. The van der Waals surface area contributed by atoms with Gasteiger partial charge >= 0.3 is 0 Å². The van der Waals surface area contributed by atoms with Gasteiger partial charge in [0.1, 0.15) is 0 Å². The van der Waals surface area contributed by atoms with E-state index in [4.69, 9.17) is 4.98 Å². The molecule has 0 saturated carbocycles. The topological polar surface area (TPSA) is 17.8 Å². The Morgan fingerprint density at radius 1 is 1.00 bits per heavy atom.